The highest BCUT2D eigenvalue weighted by Crippen LogP contribution is 2.15. The first-order valence-corrected chi connectivity index (χ1v) is 20.7. The molecule has 296 valence electrons. The first-order chi connectivity index (χ1) is 24.1. The van der Waals surface area contributed by atoms with Crippen LogP contribution < -0.4 is 5.11 Å². The Balaban J connectivity index is 4.33. The van der Waals surface area contributed by atoms with Gasteiger partial charge in [0.2, 0.25) is 0 Å². The predicted octanol–water partition coefficient (Wildman–Crippen LogP) is 8.83. The number of nitrogens with zero attached hydrogens (tertiary/aromatic N) is 1. The molecule has 0 radical (unpaired) electrons. The summed E-state index contributed by atoms with van der Waals surface area (Å²) >= 11 is 0. The molecule has 2 atom stereocenters. The van der Waals surface area contributed by atoms with Gasteiger partial charge in [-0.05, 0) is 12.8 Å². The van der Waals surface area contributed by atoms with Crippen molar-refractivity contribution in [2.75, 3.05) is 47.5 Å². The number of carbonyl (C=O) groups is 3. The quantitative estimate of drug-likeness (QED) is 0.0270. The van der Waals surface area contributed by atoms with Crippen molar-refractivity contribution in [1.82, 2.24) is 0 Å². The molecule has 9 nitrogen and oxygen atoms in total. The zero-order valence-electron chi connectivity index (χ0n) is 33.3. The van der Waals surface area contributed by atoms with Gasteiger partial charge in [0.25, 0.3) is 0 Å². The molecule has 0 aliphatic carbocycles. The largest absolute Gasteiger partial charge is 0.545 e. The molecule has 0 saturated heterocycles. The lowest BCUT2D eigenvalue weighted by Crippen LogP contribution is -2.44. The summed E-state index contributed by atoms with van der Waals surface area (Å²) in [5, 5.41) is 11.6. The van der Waals surface area contributed by atoms with Crippen LogP contribution >= 0.6 is 0 Å². The minimum absolute atomic E-state index is 0.152. The zero-order chi connectivity index (χ0) is 37.1. The molecule has 0 rings (SSSR count). The Morgan fingerprint density at radius 1 is 0.520 bits per heavy atom. The molecular formula is C41H79NO8. The second kappa shape index (κ2) is 34.4. The summed E-state index contributed by atoms with van der Waals surface area (Å²) in [5.41, 5.74) is 0. The summed E-state index contributed by atoms with van der Waals surface area (Å²) in [4.78, 5) is 36.7. The van der Waals surface area contributed by atoms with Crippen LogP contribution in [0.2, 0.25) is 0 Å². The van der Waals surface area contributed by atoms with Gasteiger partial charge in [-0.3, -0.25) is 9.59 Å². The van der Waals surface area contributed by atoms with Gasteiger partial charge < -0.3 is 33.3 Å². The van der Waals surface area contributed by atoms with Gasteiger partial charge in [0, 0.05) is 12.8 Å². The van der Waals surface area contributed by atoms with Crippen LogP contribution in [0.25, 0.3) is 0 Å². The normalized spacial score (nSPS) is 12.9. The highest BCUT2D eigenvalue weighted by atomic mass is 16.7. The third kappa shape index (κ3) is 34.7. The maximum absolute atomic E-state index is 12.7. The minimum Gasteiger partial charge on any atom is -0.545 e. The Labute approximate surface area is 307 Å². The first kappa shape index (κ1) is 48.3. The number of rotatable bonds is 38. The SMILES string of the molecule is CCCCCCCCCCCCCCCCCCCCC(=O)OC(COC(=O)CCCCCCCCC)COC(OCC[N+](C)(C)C)C(=O)[O-]. The van der Waals surface area contributed by atoms with E-state index in [-0.39, 0.29) is 32.2 Å². The number of aliphatic carboxylic acids is 1. The molecule has 0 aromatic heterocycles. The van der Waals surface area contributed by atoms with E-state index in [1.165, 1.54) is 122 Å². The number of quaternary nitrogens is 1. The maximum atomic E-state index is 12.7. The van der Waals surface area contributed by atoms with E-state index in [4.69, 9.17) is 18.9 Å². The fourth-order valence-electron chi connectivity index (χ4n) is 5.83. The molecule has 0 aromatic rings. The summed E-state index contributed by atoms with van der Waals surface area (Å²) in [6.45, 7) is 4.70. The van der Waals surface area contributed by atoms with Crippen LogP contribution in [-0.2, 0) is 33.3 Å². The molecule has 0 aromatic carbocycles. The van der Waals surface area contributed by atoms with E-state index in [2.05, 4.69) is 13.8 Å². The van der Waals surface area contributed by atoms with Crippen molar-refractivity contribution >= 4 is 17.9 Å². The second-order valence-electron chi connectivity index (χ2n) is 15.3. The fraction of sp³-hybridized carbons (Fsp3) is 0.927. The predicted molar refractivity (Wildman–Crippen MR) is 200 cm³/mol. The van der Waals surface area contributed by atoms with Crippen molar-refractivity contribution in [3.05, 3.63) is 0 Å². The third-order valence-electron chi connectivity index (χ3n) is 9.10. The number of carboxylic acids is 1. The Bertz CT molecular complexity index is 800. The van der Waals surface area contributed by atoms with Crippen LogP contribution in [0.3, 0.4) is 0 Å². The molecule has 50 heavy (non-hydrogen) atoms. The van der Waals surface area contributed by atoms with E-state index >= 15 is 0 Å². The number of hydrogen-bond donors (Lipinski definition) is 0. The van der Waals surface area contributed by atoms with E-state index in [0.29, 0.717) is 17.4 Å². The lowest BCUT2D eigenvalue weighted by Gasteiger charge is -2.26. The van der Waals surface area contributed by atoms with Crippen molar-refractivity contribution in [2.45, 2.75) is 200 Å². The van der Waals surface area contributed by atoms with Crippen molar-refractivity contribution in [1.29, 1.82) is 0 Å². The average molecular weight is 714 g/mol. The Morgan fingerprint density at radius 2 is 0.900 bits per heavy atom. The number of hydrogen-bond acceptors (Lipinski definition) is 8. The van der Waals surface area contributed by atoms with Gasteiger partial charge in [0.05, 0.1) is 40.3 Å². The van der Waals surface area contributed by atoms with E-state index in [1.807, 2.05) is 21.1 Å². The first-order valence-electron chi connectivity index (χ1n) is 20.7. The van der Waals surface area contributed by atoms with Crippen LogP contribution in [0.15, 0.2) is 0 Å². The highest BCUT2D eigenvalue weighted by Gasteiger charge is 2.21. The van der Waals surface area contributed by atoms with Crippen LogP contribution in [0, 0.1) is 0 Å². The molecule has 0 spiro atoms. The molecule has 0 amide bonds. The third-order valence-corrected chi connectivity index (χ3v) is 9.10. The van der Waals surface area contributed by atoms with E-state index in [0.717, 1.165) is 38.5 Å². The second-order valence-corrected chi connectivity index (χ2v) is 15.3. The smallest absolute Gasteiger partial charge is 0.306 e. The van der Waals surface area contributed by atoms with Gasteiger partial charge in [-0.25, -0.2) is 0 Å². The van der Waals surface area contributed by atoms with Crippen molar-refractivity contribution < 1.29 is 42.9 Å². The van der Waals surface area contributed by atoms with E-state index < -0.39 is 24.3 Å². The lowest BCUT2D eigenvalue weighted by atomic mass is 10.0. The van der Waals surface area contributed by atoms with Crippen LogP contribution in [0.1, 0.15) is 187 Å². The fourth-order valence-corrected chi connectivity index (χ4v) is 5.83. The molecule has 0 heterocycles. The van der Waals surface area contributed by atoms with Crippen molar-refractivity contribution in [3.8, 4) is 0 Å². The highest BCUT2D eigenvalue weighted by molar-refractivity contribution is 5.70. The summed E-state index contributed by atoms with van der Waals surface area (Å²) in [7, 11) is 5.90. The maximum Gasteiger partial charge on any atom is 0.306 e. The number of carbonyl (C=O) groups excluding carboxylic acids is 3. The summed E-state index contributed by atoms with van der Waals surface area (Å²) < 4.78 is 22.4. The standard InChI is InChI=1S/C41H79NO8/c1-6-8-10-12-14-15-16-17-18-19-20-21-22-23-24-26-28-30-32-39(44)50-37(35-48-38(43)31-29-27-25-13-11-9-7-2)36-49-41(40(45)46)47-34-33-42(3,4)5/h37,41H,6-36H2,1-5H3. The Hall–Kier alpha value is -1.71. The molecule has 0 fully saturated rings. The number of likely N-dealkylation sites (N-methyl/N-ethyl adjacent to an activating group) is 1. The van der Waals surface area contributed by atoms with Crippen LogP contribution in [0.5, 0.6) is 0 Å². The van der Waals surface area contributed by atoms with Crippen molar-refractivity contribution in [3.63, 3.8) is 0 Å². The monoisotopic (exact) mass is 714 g/mol. The molecule has 0 aliphatic heterocycles. The van der Waals surface area contributed by atoms with Crippen molar-refractivity contribution in [2.24, 2.45) is 0 Å². The number of esters is 2. The van der Waals surface area contributed by atoms with E-state index in [9.17, 15) is 19.5 Å². The van der Waals surface area contributed by atoms with E-state index in [1.54, 1.807) is 0 Å². The summed E-state index contributed by atoms with van der Waals surface area (Å²) in [6, 6.07) is 0. The summed E-state index contributed by atoms with van der Waals surface area (Å²) in [5.74, 6) is -2.28. The molecule has 0 bridgehead atoms. The van der Waals surface area contributed by atoms with Crippen LogP contribution in [0.4, 0.5) is 0 Å². The molecule has 0 saturated carbocycles. The number of ether oxygens (including phenoxy) is 4. The zero-order valence-corrected chi connectivity index (χ0v) is 33.3. The van der Waals surface area contributed by atoms with Gasteiger partial charge in [-0.1, -0.05) is 162 Å². The number of unbranched alkanes of at least 4 members (excludes halogenated alkanes) is 23. The van der Waals surface area contributed by atoms with Gasteiger partial charge in [0.15, 0.2) is 12.4 Å². The molecule has 0 aliphatic rings. The summed E-state index contributed by atoms with van der Waals surface area (Å²) in [6.07, 6.45) is 28.7. The Morgan fingerprint density at radius 3 is 1.28 bits per heavy atom. The topological polar surface area (TPSA) is 111 Å². The molecule has 9 heteroatoms. The van der Waals surface area contributed by atoms with Gasteiger partial charge in [-0.2, -0.15) is 0 Å². The lowest BCUT2D eigenvalue weighted by molar-refractivity contribution is -0.870. The van der Waals surface area contributed by atoms with Crippen LogP contribution in [-0.4, -0.2) is 82.3 Å². The van der Waals surface area contributed by atoms with Gasteiger partial charge in [-0.15, -0.1) is 0 Å². The number of carboxylic acid groups (broad SMARTS) is 1. The molecule has 2 unspecified atom stereocenters. The van der Waals surface area contributed by atoms with Gasteiger partial charge >= 0.3 is 11.9 Å². The van der Waals surface area contributed by atoms with Gasteiger partial charge in [0.1, 0.15) is 13.2 Å². The molecular weight excluding hydrogens is 634 g/mol. The average Bonchev–Trinajstić information content (AvgIpc) is 3.06. The Kier molecular flexibility index (Phi) is 33.2. The molecule has 0 N–H and O–H groups in total. The minimum atomic E-state index is -1.61.